The van der Waals surface area contributed by atoms with Gasteiger partial charge >= 0.3 is 6.18 Å². The van der Waals surface area contributed by atoms with Gasteiger partial charge in [-0.3, -0.25) is 10.1 Å². The van der Waals surface area contributed by atoms with Gasteiger partial charge in [-0.15, -0.1) is 10.2 Å². The van der Waals surface area contributed by atoms with Crippen molar-refractivity contribution in [2.45, 2.75) is 30.9 Å². The van der Waals surface area contributed by atoms with Gasteiger partial charge < -0.3 is 14.9 Å². The SMILES string of the molecule is O=C(Nc1nnc([C@H]2C[C@H](O)[C@@H](CO)O2)s1)c1cccc(C(F)(F)F)c1. The maximum absolute atomic E-state index is 12.7. The van der Waals surface area contributed by atoms with Crippen LogP contribution in [0.25, 0.3) is 0 Å². The van der Waals surface area contributed by atoms with Crippen LogP contribution in [0.4, 0.5) is 18.3 Å². The Balaban J connectivity index is 1.69. The van der Waals surface area contributed by atoms with Gasteiger partial charge in [-0.25, -0.2) is 0 Å². The normalized spacial score (nSPS) is 23.2. The number of benzene rings is 1. The first-order valence-electron chi connectivity index (χ1n) is 7.54. The van der Waals surface area contributed by atoms with Crippen molar-refractivity contribution < 1.29 is 32.9 Å². The lowest BCUT2D eigenvalue weighted by atomic mass is 10.1. The van der Waals surface area contributed by atoms with Gasteiger partial charge in [-0.1, -0.05) is 17.4 Å². The van der Waals surface area contributed by atoms with Crippen LogP contribution in [-0.4, -0.2) is 45.1 Å². The molecular weight excluding hydrogens is 375 g/mol. The van der Waals surface area contributed by atoms with Gasteiger partial charge in [-0.2, -0.15) is 13.2 Å². The number of aliphatic hydroxyl groups is 2. The fourth-order valence-corrected chi connectivity index (χ4v) is 3.26. The van der Waals surface area contributed by atoms with E-state index in [1.54, 1.807) is 0 Å². The molecule has 3 atom stereocenters. The molecule has 1 amide bonds. The largest absolute Gasteiger partial charge is 0.416 e. The zero-order chi connectivity index (χ0) is 18.9. The van der Waals surface area contributed by atoms with E-state index >= 15 is 0 Å². The molecule has 3 rings (SSSR count). The molecule has 0 aliphatic carbocycles. The van der Waals surface area contributed by atoms with Crippen LogP contribution < -0.4 is 5.32 Å². The number of nitrogens with one attached hydrogen (secondary N) is 1. The average Bonchev–Trinajstić information content (AvgIpc) is 3.20. The number of halogens is 3. The molecule has 2 aromatic rings. The van der Waals surface area contributed by atoms with Crippen LogP contribution in [-0.2, 0) is 10.9 Å². The zero-order valence-corrected chi connectivity index (χ0v) is 13.9. The number of alkyl halides is 3. The first-order chi connectivity index (χ1) is 12.3. The summed E-state index contributed by atoms with van der Waals surface area (Å²) in [6, 6.07) is 4.03. The van der Waals surface area contributed by atoms with Crippen molar-refractivity contribution in [2.24, 2.45) is 0 Å². The maximum Gasteiger partial charge on any atom is 0.416 e. The van der Waals surface area contributed by atoms with E-state index < -0.39 is 36.0 Å². The first kappa shape index (κ1) is 18.7. The molecule has 11 heteroatoms. The topological polar surface area (TPSA) is 105 Å². The highest BCUT2D eigenvalue weighted by atomic mass is 32.1. The Labute approximate surface area is 149 Å². The summed E-state index contributed by atoms with van der Waals surface area (Å²) in [5, 5.41) is 29.3. The molecule has 1 aliphatic rings. The first-order valence-corrected chi connectivity index (χ1v) is 8.36. The Hall–Kier alpha value is -2.08. The second-order valence-corrected chi connectivity index (χ2v) is 6.64. The number of carbonyl (C=O) groups excluding carboxylic acids is 1. The summed E-state index contributed by atoms with van der Waals surface area (Å²) in [6.45, 7) is -0.338. The summed E-state index contributed by atoms with van der Waals surface area (Å²) >= 11 is 0.983. The number of aliphatic hydroxyl groups excluding tert-OH is 2. The predicted molar refractivity (Wildman–Crippen MR) is 84.6 cm³/mol. The highest BCUT2D eigenvalue weighted by Gasteiger charge is 2.36. The molecule has 1 saturated heterocycles. The van der Waals surface area contributed by atoms with Crippen molar-refractivity contribution in [2.75, 3.05) is 11.9 Å². The molecule has 1 fully saturated rings. The molecule has 1 aromatic heterocycles. The molecule has 1 aliphatic heterocycles. The molecule has 0 spiro atoms. The fourth-order valence-electron chi connectivity index (χ4n) is 2.47. The number of hydrogen-bond donors (Lipinski definition) is 3. The minimum Gasteiger partial charge on any atom is -0.394 e. The summed E-state index contributed by atoms with van der Waals surface area (Å²) in [5.74, 6) is -0.751. The number of aromatic nitrogens is 2. The average molecular weight is 389 g/mol. The van der Waals surface area contributed by atoms with Crippen molar-refractivity contribution in [1.82, 2.24) is 10.2 Å². The summed E-state index contributed by atoms with van der Waals surface area (Å²) < 4.78 is 43.6. The second-order valence-electron chi connectivity index (χ2n) is 5.63. The van der Waals surface area contributed by atoms with Crippen LogP contribution in [0, 0.1) is 0 Å². The number of nitrogens with zero attached hydrogens (tertiary/aromatic N) is 2. The number of ether oxygens (including phenoxy) is 1. The van der Waals surface area contributed by atoms with Crippen LogP contribution in [0.1, 0.15) is 33.5 Å². The Bertz CT molecular complexity index is 798. The highest BCUT2D eigenvalue weighted by molar-refractivity contribution is 7.15. The molecule has 0 radical (unpaired) electrons. The molecule has 1 aromatic carbocycles. The minimum absolute atomic E-state index is 0.0907. The second kappa shape index (κ2) is 7.27. The molecule has 7 nitrogen and oxygen atoms in total. The van der Waals surface area contributed by atoms with Gasteiger partial charge in [0.2, 0.25) is 5.13 Å². The van der Waals surface area contributed by atoms with E-state index in [1.807, 2.05) is 0 Å². The standard InChI is InChI=1S/C15H14F3N3O4S/c16-15(17,18)8-3-1-2-7(4-8)12(24)19-14-21-20-13(26-14)10-5-9(23)11(6-22)25-10/h1-4,9-11,22-23H,5-6H2,(H,19,21,24)/t9-,10+,11+/m0/s1. The molecule has 140 valence electrons. The van der Waals surface area contributed by atoms with Crippen molar-refractivity contribution >= 4 is 22.4 Å². The number of hydrogen-bond acceptors (Lipinski definition) is 7. The van der Waals surface area contributed by atoms with Crippen molar-refractivity contribution in [3.05, 3.63) is 40.4 Å². The van der Waals surface area contributed by atoms with Gasteiger partial charge in [0.25, 0.3) is 5.91 Å². The lowest BCUT2D eigenvalue weighted by Gasteiger charge is -2.09. The third-order valence-corrected chi connectivity index (χ3v) is 4.72. The minimum atomic E-state index is -4.55. The third kappa shape index (κ3) is 4.01. The molecule has 0 unspecified atom stereocenters. The van der Waals surface area contributed by atoms with E-state index in [0.29, 0.717) is 5.01 Å². The third-order valence-electron chi connectivity index (χ3n) is 3.79. The lowest BCUT2D eigenvalue weighted by Crippen LogP contribution is -2.24. The number of carbonyl (C=O) groups is 1. The molecule has 26 heavy (non-hydrogen) atoms. The number of anilines is 1. The molecule has 0 bridgehead atoms. The van der Waals surface area contributed by atoms with Gasteiger partial charge in [0, 0.05) is 12.0 Å². The van der Waals surface area contributed by atoms with Gasteiger partial charge in [0.1, 0.15) is 17.2 Å². The van der Waals surface area contributed by atoms with E-state index in [0.717, 1.165) is 29.5 Å². The van der Waals surface area contributed by atoms with E-state index in [9.17, 15) is 23.1 Å². The quantitative estimate of drug-likeness (QED) is 0.739. The summed E-state index contributed by atoms with van der Waals surface area (Å²) in [6.07, 6.45) is -6.44. The number of rotatable bonds is 4. The Kier molecular flexibility index (Phi) is 5.23. The molecule has 3 N–H and O–H groups in total. The molecule has 2 heterocycles. The van der Waals surface area contributed by atoms with E-state index in [-0.39, 0.29) is 23.7 Å². The monoisotopic (exact) mass is 389 g/mol. The van der Waals surface area contributed by atoms with Gasteiger partial charge in [0.15, 0.2) is 0 Å². The Morgan fingerprint density at radius 3 is 2.81 bits per heavy atom. The van der Waals surface area contributed by atoms with Crippen LogP contribution in [0.5, 0.6) is 0 Å². The van der Waals surface area contributed by atoms with E-state index in [1.165, 1.54) is 6.07 Å². The summed E-state index contributed by atoms with van der Waals surface area (Å²) in [5.41, 5.74) is -1.09. The van der Waals surface area contributed by atoms with Crippen molar-refractivity contribution in [3.63, 3.8) is 0 Å². The fraction of sp³-hybridized carbons (Fsp3) is 0.400. The lowest BCUT2D eigenvalue weighted by molar-refractivity contribution is -0.137. The van der Waals surface area contributed by atoms with Crippen LogP contribution >= 0.6 is 11.3 Å². The molecule has 0 saturated carbocycles. The summed E-state index contributed by atoms with van der Waals surface area (Å²) in [7, 11) is 0. The van der Waals surface area contributed by atoms with Crippen molar-refractivity contribution in [3.8, 4) is 0 Å². The Morgan fingerprint density at radius 2 is 2.15 bits per heavy atom. The molecular formula is C15H14F3N3O4S. The van der Waals surface area contributed by atoms with E-state index in [2.05, 4.69) is 15.5 Å². The van der Waals surface area contributed by atoms with Gasteiger partial charge in [0.05, 0.1) is 18.3 Å². The zero-order valence-electron chi connectivity index (χ0n) is 13.1. The van der Waals surface area contributed by atoms with Crippen molar-refractivity contribution in [1.29, 1.82) is 0 Å². The maximum atomic E-state index is 12.7. The summed E-state index contributed by atoms with van der Waals surface area (Å²) in [4.78, 5) is 12.1. The highest BCUT2D eigenvalue weighted by Crippen LogP contribution is 2.35. The number of amides is 1. The van der Waals surface area contributed by atoms with E-state index in [4.69, 9.17) is 9.84 Å². The van der Waals surface area contributed by atoms with Crippen LogP contribution in [0.15, 0.2) is 24.3 Å². The van der Waals surface area contributed by atoms with Gasteiger partial charge in [-0.05, 0) is 18.2 Å². The Morgan fingerprint density at radius 1 is 1.38 bits per heavy atom. The predicted octanol–water partition coefficient (Wildman–Crippen LogP) is 1.99. The van der Waals surface area contributed by atoms with Crippen LogP contribution in [0.2, 0.25) is 0 Å². The van der Waals surface area contributed by atoms with Crippen LogP contribution in [0.3, 0.4) is 0 Å². The smallest absolute Gasteiger partial charge is 0.394 e.